The molecule has 148 valence electrons. The smallest absolute Gasteiger partial charge is 0.0559 e. The lowest BCUT2D eigenvalue weighted by Gasteiger charge is -2.11. The van der Waals surface area contributed by atoms with Crippen molar-refractivity contribution >= 4 is 54.1 Å². The fourth-order valence-electron chi connectivity index (χ4n) is 5.54. The van der Waals surface area contributed by atoms with Crippen molar-refractivity contribution in [1.29, 1.82) is 0 Å². The number of aromatic nitrogens is 2. The highest BCUT2D eigenvalue weighted by atomic mass is 14.9. The van der Waals surface area contributed by atoms with Gasteiger partial charge in [0.2, 0.25) is 0 Å². The Labute approximate surface area is 176 Å². The number of rotatable bonds is 2. The summed E-state index contributed by atoms with van der Waals surface area (Å²) in [6.45, 7) is 4.46. The van der Waals surface area contributed by atoms with Crippen LogP contribution in [0.2, 0.25) is 0 Å². The number of hydrogen-bond acceptors (Lipinski definition) is 0. The lowest BCUT2D eigenvalue weighted by atomic mass is 9.95. The predicted molar refractivity (Wildman–Crippen MR) is 131 cm³/mol. The number of fused-ring (bicyclic) bond motifs is 9. The van der Waals surface area contributed by atoms with Crippen LogP contribution in [-0.4, -0.2) is 9.13 Å². The number of benzene rings is 4. The van der Waals surface area contributed by atoms with Gasteiger partial charge in [-0.15, -0.1) is 0 Å². The third kappa shape index (κ3) is 2.14. The van der Waals surface area contributed by atoms with E-state index in [4.69, 9.17) is 0 Å². The molecule has 0 atom stereocenters. The van der Waals surface area contributed by atoms with Crippen LogP contribution in [0.25, 0.3) is 54.1 Å². The number of nitrogens with zero attached hydrogens (tertiary/aromatic N) is 2. The van der Waals surface area contributed by atoms with Crippen LogP contribution in [-0.2, 0) is 26.9 Å². The highest BCUT2D eigenvalue weighted by Gasteiger charge is 2.14. The van der Waals surface area contributed by atoms with E-state index < -0.39 is 0 Å². The van der Waals surface area contributed by atoms with E-state index in [1.807, 2.05) is 0 Å². The molecular formula is C28H26N2. The summed E-state index contributed by atoms with van der Waals surface area (Å²) >= 11 is 0. The minimum atomic E-state index is 1.05. The van der Waals surface area contributed by atoms with Crippen molar-refractivity contribution in [2.45, 2.75) is 26.7 Å². The lowest BCUT2D eigenvalue weighted by Crippen LogP contribution is -1.95. The Hall–Kier alpha value is -3.26. The summed E-state index contributed by atoms with van der Waals surface area (Å²) < 4.78 is 4.73. The largest absolute Gasteiger partial charge is 0.347 e. The van der Waals surface area contributed by atoms with E-state index in [0.29, 0.717) is 0 Å². The Morgan fingerprint density at radius 3 is 1.23 bits per heavy atom. The molecule has 0 spiro atoms. The van der Waals surface area contributed by atoms with E-state index in [2.05, 4.69) is 97.7 Å². The fourth-order valence-corrected chi connectivity index (χ4v) is 5.54. The lowest BCUT2D eigenvalue weighted by molar-refractivity contribution is 0.868. The van der Waals surface area contributed by atoms with Gasteiger partial charge in [-0.25, -0.2) is 0 Å². The van der Waals surface area contributed by atoms with Crippen LogP contribution in [0.1, 0.15) is 25.2 Å². The van der Waals surface area contributed by atoms with Crippen LogP contribution in [0.5, 0.6) is 0 Å². The minimum absolute atomic E-state index is 1.05. The van der Waals surface area contributed by atoms with Crippen molar-refractivity contribution in [1.82, 2.24) is 9.13 Å². The summed E-state index contributed by atoms with van der Waals surface area (Å²) in [6.07, 6.45) is 2.11. The van der Waals surface area contributed by atoms with Crippen LogP contribution < -0.4 is 0 Å². The Morgan fingerprint density at radius 1 is 0.500 bits per heavy atom. The topological polar surface area (TPSA) is 9.86 Å². The van der Waals surface area contributed by atoms with Crippen molar-refractivity contribution in [3.63, 3.8) is 0 Å². The molecule has 0 fully saturated rings. The molecule has 0 saturated carbocycles. The van der Waals surface area contributed by atoms with Gasteiger partial charge in [0.05, 0.1) is 11.0 Å². The molecule has 0 aliphatic carbocycles. The summed E-state index contributed by atoms with van der Waals surface area (Å²) in [5.74, 6) is 0. The maximum absolute atomic E-state index is 2.37. The molecule has 30 heavy (non-hydrogen) atoms. The second-order valence-corrected chi connectivity index (χ2v) is 8.52. The van der Waals surface area contributed by atoms with E-state index in [0.717, 1.165) is 12.8 Å². The van der Waals surface area contributed by atoms with E-state index >= 15 is 0 Å². The fraction of sp³-hybridized carbons (Fsp3) is 0.214. The van der Waals surface area contributed by atoms with Crippen molar-refractivity contribution in [2.75, 3.05) is 0 Å². The maximum Gasteiger partial charge on any atom is 0.0559 e. The van der Waals surface area contributed by atoms with Gasteiger partial charge in [-0.1, -0.05) is 62.4 Å². The van der Waals surface area contributed by atoms with Gasteiger partial charge in [0.15, 0.2) is 0 Å². The molecule has 4 aromatic carbocycles. The quantitative estimate of drug-likeness (QED) is 0.275. The summed E-state index contributed by atoms with van der Waals surface area (Å²) in [5, 5.41) is 10.7. The average molecular weight is 391 g/mol. The van der Waals surface area contributed by atoms with Crippen molar-refractivity contribution in [2.24, 2.45) is 14.1 Å². The number of hydrogen-bond donors (Lipinski definition) is 0. The van der Waals surface area contributed by atoms with Crippen LogP contribution in [0, 0.1) is 0 Å². The molecule has 6 rings (SSSR count). The second kappa shape index (κ2) is 6.12. The summed E-state index contributed by atoms with van der Waals surface area (Å²) in [7, 11) is 4.39. The second-order valence-electron chi connectivity index (χ2n) is 8.52. The first-order valence-corrected chi connectivity index (χ1v) is 11.0. The first kappa shape index (κ1) is 17.6. The molecule has 2 nitrogen and oxygen atoms in total. The normalized spacial score (nSPS) is 12.3. The standard InChI is InChI=1S/C28H26N2/c1-5-19-15-17-7-9-23-21-12-14-26-24(22(21)11-13-25(23)27(17)29(19)3)10-8-18-16-20(6-2)30(4)28(18)26/h7-16H,5-6H2,1-4H3. The van der Waals surface area contributed by atoms with E-state index in [9.17, 15) is 0 Å². The first-order valence-electron chi connectivity index (χ1n) is 11.0. The molecule has 0 aliphatic rings. The highest BCUT2D eigenvalue weighted by molar-refractivity contribution is 6.24. The maximum atomic E-state index is 2.37. The monoisotopic (exact) mass is 390 g/mol. The zero-order valence-corrected chi connectivity index (χ0v) is 18.1. The molecule has 0 saturated heterocycles. The van der Waals surface area contributed by atoms with E-state index in [1.54, 1.807) is 0 Å². The van der Waals surface area contributed by atoms with Gasteiger partial charge in [-0.05, 0) is 46.5 Å². The average Bonchev–Trinajstić information content (AvgIpc) is 3.29. The SMILES string of the molecule is CCc1cc2ccc3c4ccc5c(ccc6cc(CC)n(C)c65)c4ccc3c2n1C. The highest BCUT2D eigenvalue weighted by Crippen LogP contribution is 2.38. The van der Waals surface area contributed by atoms with Gasteiger partial charge in [0, 0.05) is 47.0 Å². The minimum Gasteiger partial charge on any atom is -0.347 e. The molecule has 0 radical (unpaired) electrons. The predicted octanol–water partition coefficient (Wildman–Crippen LogP) is 7.25. The van der Waals surface area contributed by atoms with Gasteiger partial charge >= 0.3 is 0 Å². The molecule has 6 aromatic rings. The zero-order chi connectivity index (χ0) is 20.6. The number of aryl methyl sites for hydroxylation is 4. The van der Waals surface area contributed by atoms with Crippen LogP contribution in [0.3, 0.4) is 0 Å². The van der Waals surface area contributed by atoms with Gasteiger partial charge in [0.25, 0.3) is 0 Å². The molecule has 0 bridgehead atoms. The van der Waals surface area contributed by atoms with Crippen molar-refractivity contribution in [3.8, 4) is 0 Å². The molecule has 2 heteroatoms. The Kier molecular flexibility index (Phi) is 3.59. The van der Waals surface area contributed by atoms with Crippen LogP contribution in [0.4, 0.5) is 0 Å². The molecular weight excluding hydrogens is 364 g/mol. The Morgan fingerprint density at radius 2 is 0.833 bits per heavy atom. The van der Waals surface area contributed by atoms with Gasteiger partial charge in [-0.2, -0.15) is 0 Å². The van der Waals surface area contributed by atoms with Gasteiger partial charge < -0.3 is 9.13 Å². The first-order chi connectivity index (χ1) is 14.6. The van der Waals surface area contributed by atoms with Gasteiger partial charge in [0.1, 0.15) is 0 Å². The molecule has 2 heterocycles. The molecule has 0 N–H and O–H groups in total. The summed E-state index contributed by atoms with van der Waals surface area (Å²) in [5.41, 5.74) is 5.46. The van der Waals surface area contributed by atoms with Gasteiger partial charge in [-0.3, -0.25) is 0 Å². The third-order valence-electron chi connectivity index (χ3n) is 7.10. The summed E-state index contributed by atoms with van der Waals surface area (Å²) in [4.78, 5) is 0. The summed E-state index contributed by atoms with van der Waals surface area (Å²) in [6, 6.07) is 23.2. The molecule has 0 amide bonds. The Bertz CT molecular complexity index is 1500. The zero-order valence-electron chi connectivity index (χ0n) is 18.1. The molecule has 0 unspecified atom stereocenters. The third-order valence-corrected chi connectivity index (χ3v) is 7.10. The van der Waals surface area contributed by atoms with E-state index in [1.165, 1.54) is 65.5 Å². The van der Waals surface area contributed by atoms with Crippen LogP contribution >= 0.6 is 0 Å². The molecule has 2 aromatic heterocycles. The van der Waals surface area contributed by atoms with Crippen LogP contribution in [0.15, 0.2) is 60.7 Å². The Balaban J connectivity index is 1.75. The van der Waals surface area contributed by atoms with Crippen molar-refractivity contribution in [3.05, 3.63) is 72.1 Å². The van der Waals surface area contributed by atoms with Crippen molar-refractivity contribution < 1.29 is 0 Å². The van der Waals surface area contributed by atoms with E-state index in [-0.39, 0.29) is 0 Å². The molecule has 0 aliphatic heterocycles.